The molecular weight excluding hydrogens is 352 g/mol. The quantitative estimate of drug-likeness (QED) is 0.796. The highest BCUT2D eigenvalue weighted by molar-refractivity contribution is 9.10. The number of anilines is 3. The van der Waals surface area contributed by atoms with Crippen molar-refractivity contribution in [1.29, 1.82) is 0 Å². The Morgan fingerprint density at radius 1 is 0.905 bits per heavy atom. The lowest BCUT2D eigenvalue weighted by atomic mass is 10.2. The van der Waals surface area contributed by atoms with E-state index in [1.54, 1.807) is 12.1 Å². The summed E-state index contributed by atoms with van der Waals surface area (Å²) in [4.78, 5) is 0. The molecule has 21 heavy (non-hydrogen) atoms. The number of nitrogens with one attached hydrogen (secondary N) is 2. The van der Waals surface area contributed by atoms with E-state index in [1.807, 2.05) is 43.3 Å². The fraction of sp³-hybridized carbons (Fsp3) is 0.200. The van der Waals surface area contributed by atoms with Crippen molar-refractivity contribution in [2.24, 2.45) is 0 Å². The Balaban J connectivity index is 2.03. The van der Waals surface area contributed by atoms with Gasteiger partial charge in [-0.3, -0.25) is 4.72 Å². The number of benzene rings is 2. The van der Waals surface area contributed by atoms with Crippen LogP contribution < -0.4 is 10.0 Å². The highest BCUT2D eigenvalue weighted by Crippen LogP contribution is 2.21. The molecule has 2 aromatic carbocycles. The van der Waals surface area contributed by atoms with Gasteiger partial charge < -0.3 is 5.32 Å². The zero-order valence-corrected chi connectivity index (χ0v) is 14.0. The van der Waals surface area contributed by atoms with E-state index >= 15 is 0 Å². The maximum Gasteiger partial charge on any atom is 0.232 e. The summed E-state index contributed by atoms with van der Waals surface area (Å²) in [6, 6.07) is 15.0. The summed E-state index contributed by atoms with van der Waals surface area (Å²) in [7, 11) is -3.24. The minimum absolute atomic E-state index is 0.131. The fourth-order valence-electron chi connectivity index (χ4n) is 1.82. The van der Waals surface area contributed by atoms with Gasteiger partial charge in [0, 0.05) is 21.5 Å². The van der Waals surface area contributed by atoms with Crippen LogP contribution in [0.25, 0.3) is 0 Å². The smallest absolute Gasteiger partial charge is 0.232 e. The first kappa shape index (κ1) is 15.9. The summed E-state index contributed by atoms with van der Waals surface area (Å²) < 4.78 is 26.9. The summed E-state index contributed by atoms with van der Waals surface area (Å²) in [6.45, 7) is 1.84. The molecule has 0 heterocycles. The highest BCUT2D eigenvalue weighted by atomic mass is 79.9. The molecule has 4 nitrogen and oxygen atoms in total. The van der Waals surface area contributed by atoms with E-state index in [-0.39, 0.29) is 5.75 Å². The van der Waals surface area contributed by atoms with Crippen molar-refractivity contribution in [3.8, 4) is 0 Å². The van der Waals surface area contributed by atoms with E-state index in [0.29, 0.717) is 12.1 Å². The SMILES string of the molecule is CCCS(=O)(=O)Nc1ccc(Nc2ccc(Br)cc2)cc1. The van der Waals surface area contributed by atoms with Gasteiger partial charge in [-0.2, -0.15) is 0 Å². The van der Waals surface area contributed by atoms with E-state index in [4.69, 9.17) is 0 Å². The molecule has 0 atom stereocenters. The first-order chi connectivity index (χ1) is 9.98. The van der Waals surface area contributed by atoms with Crippen molar-refractivity contribution >= 4 is 43.0 Å². The van der Waals surface area contributed by atoms with Crippen LogP contribution in [0.3, 0.4) is 0 Å². The van der Waals surface area contributed by atoms with E-state index in [0.717, 1.165) is 15.8 Å². The van der Waals surface area contributed by atoms with Gasteiger partial charge in [-0.1, -0.05) is 22.9 Å². The summed E-state index contributed by atoms with van der Waals surface area (Å²) in [5.41, 5.74) is 2.44. The van der Waals surface area contributed by atoms with Crippen molar-refractivity contribution in [2.75, 3.05) is 15.8 Å². The molecule has 112 valence electrons. The van der Waals surface area contributed by atoms with Crippen molar-refractivity contribution in [2.45, 2.75) is 13.3 Å². The Bertz CT molecular complexity index is 683. The van der Waals surface area contributed by atoms with Crippen LogP contribution in [0.2, 0.25) is 0 Å². The van der Waals surface area contributed by atoms with Crippen molar-refractivity contribution in [3.05, 3.63) is 53.0 Å². The normalized spacial score (nSPS) is 11.1. The molecule has 0 bridgehead atoms. The minimum Gasteiger partial charge on any atom is -0.356 e. The molecule has 0 saturated heterocycles. The second kappa shape index (κ2) is 6.95. The molecule has 0 saturated carbocycles. The van der Waals surface area contributed by atoms with Gasteiger partial charge in [-0.05, 0) is 55.0 Å². The molecule has 0 spiro atoms. The third kappa shape index (κ3) is 5.06. The lowest BCUT2D eigenvalue weighted by Gasteiger charge is -2.09. The zero-order valence-electron chi connectivity index (χ0n) is 11.6. The van der Waals surface area contributed by atoms with Crippen LogP contribution >= 0.6 is 15.9 Å². The van der Waals surface area contributed by atoms with Crippen LogP contribution in [0.5, 0.6) is 0 Å². The van der Waals surface area contributed by atoms with Gasteiger partial charge in [-0.15, -0.1) is 0 Å². The summed E-state index contributed by atoms with van der Waals surface area (Å²) in [5, 5.41) is 3.25. The van der Waals surface area contributed by atoms with Crippen LogP contribution in [0.1, 0.15) is 13.3 Å². The van der Waals surface area contributed by atoms with Crippen LogP contribution in [-0.4, -0.2) is 14.2 Å². The van der Waals surface area contributed by atoms with Crippen LogP contribution in [-0.2, 0) is 10.0 Å². The molecule has 2 rings (SSSR count). The van der Waals surface area contributed by atoms with Crippen LogP contribution in [0, 0.1) is 0 Å². The third-order valence-electron chi connectivity index (χ3n) is 2.76. The molecule has 0 unspecified atom stereocenters. The van der Waals surface area contributed by atoms with Crippen LogP contribution in [0.15, 0.2) is 53.0 Å². The zero-order chi connectivity index (χ0) is 15.3. The predicted molar refractivity (Wildman–Crippen MR) is 91.6 cm³/mol. The number of halogens is 1. The van der Waals surface area contributed by atoms with Gasteiger partial charge in [0.2, 0.25) is 10.0 Å². The molecule has 0 aliphatic carbocycles. The molecular formula is C15H17BrN2O2S. The van der Waals surface area contributed by atoms with E-state index in [1.165, 1.54) is 0 Å². The Hall–Kier alpha value is -1.53. The first-order valence-corrected chi connectivity index (χ1v) is 9.06. The highest BCUT2D eigenvalue weighted by Gasteiger charge is 2.08. The fourth-order valence-corrected chi connectivity index (χ4v) is 3.22. The summed E-state index contributed by atoms with van der Waals surface area (Å²) in [6.07, 6.45) is 0.596. The number of sulfonamides is 1. The number of hydrogen-bond donors (Lipinski definition) is 2. The summed E-state index contributed by atoms with van der Waals surface area (Å²) in [5.74, 6) is 0.131. The van der Waals surface area contributed by atoms with E-state index in [9.17, 15) is 8.42 Å². The lowest BCUT2D eigenvalue weighted by molar-refractivity contribution is 0.600. The molecule has 0 fully saturated rings. The van der Waals surface area contributed by atoms with Crippen LogP contribution in [0.4, 0.5) is 17.1 Å². The van der Waals surface area contributed by atoms with Gasteiger partial charge in [0.15, 0.2) is 0 Å². The van der Waals surface area contributed by atoms with E-state index < -0.39 is 10.0 Å². The van der Waals surface area contributed by atoms with Gasteiger partial charge in [0.1, 0.15) is 0 Å². The second-order valence-corrected chi connectivity index (χ2v) is 7.39. The topological polar surface area (TPSA) is 58.2 Å². The van der Waals surface area contributed by atoms with Gasteiger partial charge >= 0.3 is 0 Å². The Kier molecular flexibility index (Phi) is 5.25. The second-order valence-electron chi connectivity index (χ2n) is 4.63. The van der Waals surface area contributed by atoms with Crippen molar-refractivity contribution in [3.63, 3.8) is 0 Å². The average molecular weight is 369 g/mol. The third-order valence-corrected chi connectivity index (χ3v) is 4.79. The minimum atomic E-state index is -3.24. The molecule has 0 aliphatic heterocycles. The van der Waals surface area contributed by atoms with Gasteiger partial charge in [0.25, 0.3) is 0 Å². The first-order valence-electron chi connectivity index (χ1n) is 6.61. The molecule has 0 aliphatic rings. The average Bonchev–Trinajstić information content (AvgIpc) is 2.43. The van der Waals surface area contributed by atoms with Crippen molar-refractivity contribution < 1.29 is 8.42 Å². The largest absolute Gasteiger partial charge is 0.356 e. The molecule has 2 aromatic rings. The lowest BCUT2D eigenvalue weighted by Crippen LogP contribution is -2.15. The molecule has 6 heteroatoms. The number of rotatable bonds is 6. The van der Waals surface area contributed by atoms with Gasteiger partial charge in [0.05, 0.1) is 5.75 Å². The standard InChI is InChI=1S/C15H17BrN2O2S/c1-2-11-21(19,20)18-15-9-7-14(8-10-15)17-13-5-3-12(16)4-6-13/h3-10,17-18H,2,11H2,1H3. The molecule has 2 N–H and O–H groups in total. The van der Waals surface area contributed by atoms with Gasteiger partial charge in [-0.25, -0.2) is 8.42 Å². The van der Waals surface area contributed by atoms with E-state index in [2.05, 4.69) is 26.0 Å². The molecule has 0 amide bonds. The Morgan fingerprint density at radius 2 is 1.38 bits per heavy atom. The number of hydrogen-bond acceptors (Lipinski definition) is 3. The van der Waals surface area contributed by atoms with Crippen molar-refractivity contribution in [1.82, 2.24) is 0 Å². The molecule has 0 aromatic heterocycles. The Labute approximate surface area is 133 Å². The predicted octanol–water partition coefficient (Wildman–Crippen LogP) is 4.34. The molecule has 0 radical (unpaired) electrons. The maximum atomic E-state index is 11.7. The monoisotopic (exact) mass is 368 g/mol. The summed E-state index contributed by atoms with van der Waals surface area (Å²) >= 11 is 3.39. The Morgan fingerprint density at radius 3 is 1.90 bits per heavy atom. The maximum absolute atomic E-state index is 11.7.